The van der Waals surface area contributed by atoms with Crippen LogP contribution >= 0.6 is 0 Å². The maximum Gasteiger partial charge on any atom is 0.326 e. The van der Waals surface area contributed by atoms with Crippen molar-refractivity contribution in [3.05, 3.63) is 0 Å². The fraction of sp³-hybridized carbons (Fsp3) is 0.773. The first-order valence-electron chi connectivity index (χ1n) is 12.2. The SMILES string of the molecule is CC(C)C(NC(=O)C(CCCN=C(N)N)NC(=O)C1CCCN1)C(=O)NC(CCCCN)C(=O)O. The quantitative estimate of drug-likeness (QED) is 0.0675. The number of aliphatic carboxylic acids is 1. The third-order valence-electron chi connectivity index (χ3n) is 5.76. The Morgan fingerprint density at radius 3 is 2.23 bits per heavy atom. The highest BCUT2D eigenvalue weighted by atomic mass is 16.4. The summed E-state index contributed by atoms with van der Waals surface area (Å²) in [5.74, 6) is -2.98. The molecule has 3 amide bonds. The first-order valence-corrected chi connectivity index (χ1v) is 12.2. The largest absolute Gasteiger partial charge is 0.480 e. The van der Waals surface area contributed by atoms with Gasteiger partial charge in [-0.25, -0.2) is 4.79 Å². The molecule has 35 heavy (non-hydrogen) atoms. The summed E-state index contributed by atoms with van der Waals surface area (Å²) in [5.41, 5.74) is 16.1. The van der Waals surface area contributed by atoms with Gasteiger partial charge in [-0.1, -0.05) is 13.8 Å². The summed E-state index contributed by atoms with van der Waals surface area (Å²) in [6.07, 6.45) is 3.64. The zero-order valence-electron chi connectivity index (χ0n) is 20.7. The molecule has 4 unspecified atom stereocenters. The van der Waals surface area contributed by atoms with E-state index < -0.39 is 35.9 Å². The molecule has 0 aromatic rings. The van der Waals surface area contributed by atoms with E-state index in [9.17, 15) is 24.3 Å². The maximum absolute atomic E-state index is 13.1. The minimum absolute atomic E-state index is 0.0683. The molecule has 1 rings (SSSR count). The number of carboxylic acid groups (broad SMARTS) is 1. The number of nitrogens with zero attached hydrogens (tertiary/aromatic N) is 1. The van der Waals surface area contributed by atoms with Crippen LogP contribution in [0.5, 0.6) is 0 Å². The third-order valence-corrected chi connectivity index (χ3v) is 5.76. The monoisotopic (exact) mass is 498 g/mol. The topological polar surface area (TPSA) is 227 Å². The van der Waals surface area contributed by atoms with Crippen LogP contribution in [0.3, 0.4) is 0 Å². The van der Waals surface area contributed by atoms with Crippen LogP contribution in [-0.4, -0.2) is 78.6 Å². The Balaban J connectivity index is 2.88. The van der Waals surface area contributed by atoms with Crippen LogP contribution in [0.2, 0.25) is 0 Å². The number of nitrogens with one attached hydrogen (secondary N) is 4. The van der Waals surface area contributed by atoms with Crippen molar-refractivity contribution in [3.8, 4) is 0 Å². The summed E-state index contributed by atoms with van der Waals surface area (Å²) in [6, 6.07) is -3.36. The molecule has 0 aliphatic carbocycles. The predicted octanol–water partition coefficient (Wildman–Crippen LogP) is -1.88. The van der Waals surface area contributed by atoms with Gasteiger partial charge in [0.1, 0.15) is 18.1 Å². The van der Waals surface area contributed by atoms with Gasteiger partial charge in [0.15, 0.2) is 5.96 Å². The number of nitrogens with two attached hydrogens (primary N) is 3. The highest BCUT2D eigenvalue weighted by Crippen LogP contribution is 2.09. The molecule has 13 heteroatoms. The molecule has 11 N–H and O–H groups in total. The van der Waals surface area contributed by atoms with Gasteiger partial charge in [-0.05, 0) is 64.0 Å². The van der Waals surface area contributed by atoms with Gasteiger partial charge in [-0.15, -0.1) is 0 Å². The average Bonchev–Trinajstić information content (AvgIpc) is 3.33. The van der Waals surface area contributed by atoms with E-state index in [0.29, 0.717) is 32.2 Å². The minimum Gasteiger partial charge on any atom is -0.480 e. The Bertz CT molecular complexity index is 735. The summed E-state index contributed by atoms with van der Waals surface area (Å²) in [7, 11) is 0. The van der Waals surface area contributed by atoms with Gasteiger partial charge in [-0.2, -0.15) is 0 Å². The molecule has 0 saturated carbocycles. The smallest absolute Gasteiger partial charge is 0.326 e. The number of carboxylic acids is 1. The van der Waals surface area contributed by atoms with Crippen LogP contribution in [0.4, 0.5) is 0 Å². The Labute approximate surface area is 206 Å². The minimum atomic E-state index is -1.15. The number of hydrogen-bond donors (Lipinski definition) is 8. The van der Waals surface area contributed by atoms with Crippen molar-refractivity contribution in [2.75, 3.05) is 19.6 Å². The second kappa shape index (κ2) is 15.9. The fourth-order valence-electron chi connectivity index (χ4n) is 3.75. The average molecular weight is 499 g/mol. The molecule has 1 fully saturated rings. The Morgan fingerprint density at radius 2 is 1.69 bits per heavy atom. The first kappa shape index (κ1) is 30.1. The highest BCUT2D eigenvalue weighted by molar-refractivity contribution is 5.94. The lowest BCUT2D eigenvalue weighted by molar-refractivity contribution is -0.142. The van der Waals surface area contributed by atoms with E-state index in [-0.39, 0.29) is 43.2 Å². The lowest BCUT2D eigenvalue weighted by Gasteiger charge is -2.27. The molecular formula is C22H42N8O5. The van der Waals surface area contributed by atoms with E-state index in [1.54, 1.807) is 13.8 Å². The van der Waals surface area contributed by atoms with E-state index in [4.69, 9.17) is 17.2 Å². The van der Waals surface area contributed by atoms with Crippen molar-refractivity contribution in [1.82, 2.24) is 21.3 Å². The number of unbranched alkanes of at least 4 members (excludes halogenated alkanes) is 1. The van der Waals surface area contributed by atoms with Crippen molar-refractivity contribution in [2.24, 2.45) is 28.1 Å². The lowest BCUT2D eigenvalue weighted by Crippen LogP contribution is -2.58. The number of carbonyl (C=O) groups excluding carboxylic acids is 3. The standard InChI is InChI=1S/C22H42N8O5/c1-13(2)17(20(33)29-16(21(34)35)7-3-4-10-23)30-19(32)15(9-6-12-27-22(24)25)28-18(31)14-8-5-11-26-14/h13-17,26H,3-12,23H2,1-2H3,(H,28,31)(H,29,33)(H,30,32)(H,34,35)(H4,24,25,27). The summed E-state index contributed by atoms with van der Waals surface area (Å²) >= 11 is 0. The number of hydrogen-bond acceptors (Lipinski definition) is 7. The van der Waals surface area contributed by atoms with Gasteiger partial charge < -0.3 is 43.6 Å². The maximum atomic E-state index is 13.1. The molecule has 0 radical (unpaired) electrons. The third kappa shape index (κ3) is 11.4. The predicted molar refractivity (Wildman–Crippen MR) is 132 cm³/mol. The zero-order chi connectivity index (χ0) is 26.4. The molecule has 4 atom stereocenters. The van der Waals surface area contributed by atoms with Crippen molar-refractivity contribution in [2.45, 2.75) is 83.0 Å². The van der Waals surface area contributed by atoms with Gasteiger partial charge in [0, 0.05) is 6.54 Å². The van der Waals surface area contributed by atoms with Crippen molar-refractivity contribution < 1.29 is 24.3 Å². The van der Waals surface area contributed by atoms with Crippen LogP contribution in [0, 0.1) is 5.92 Å². The molecule has 0 bridgehead atoms. The molecule has 200 valence electrons. The summed E-state index contributed by atoms with van der Waals surface area (Å²) in [5, 5.41) is 20.5. The van der Waals surface area contributed by atoms with E-state index in [1.807, 2.05) is 0 Å². The molecule has 1 aliphatic rings. The molecule has 13 nitrogen and oxygen atoms in total. The summed E-state index contributed by atoms with van der Waals surface area (Å²) in [4.78, 5) is 54.1. The Hall–Kier alpha value is -2.93. The van der Waals surface area contributed by atoms with E-state index in [2.05, 4.69) is 26.3 Å². The van der Waals surface area contributed by atoms with E-state index in [0.717, 1.165) is 13.0 Å². The van der Waals surface area contributed by atoms with Gasteiger partial charge in [0.25, 0.3) is 0 Å². The van der Waals surface area contributed by atoms with Crippen molar-refractivity contribution in [1.29, 1.82) is 0 Å². The second-order valence-corrected chi connectivity index (χ2v) is 9.07. The highest BCUT2D eigenvalue weighted by Gasteiger charge is 2.32. The van der Waals surface area contributed by atoms with Crippen LogP contribution in [-0.2, 0) is 19.2 Å². The van der Waals surface area contributed by atoms with Crippen LogP contribution < -0.4 is 38.5 Å². The number of carbonyl (C=O) groups is 4. The number of aliphatic imine (C=N–C) groups is 1. The van der Waals surface area contributed by atoms with Crippen molar-refractivity contribution >= 4 is 29.7 Å². The molecule has 1 saturated heterocycles. The number of rotatable bonds is 16. The normalized spacial score (nSPS) is 17.8. The van der Waals surface area contributed by atoms with Crippen LogP contribution in [0.15, 0.2) is 4.99 Å². The number of guanidine groups is 1. The molecule has 1 heterocycles. The van der Waals surface area contributed by atoms with Gasteiger partial charge in [0.05, 0.1) is 6.04 Å². The van der Waals surface area contributed by atoms with Crippen LogP contribution in [0.25, 0.3) is 0 Å². The molecule has 0 aromatic heterocycles. The summed E-state index contributed by atoms with van der Waals surface area (Å²) in [6.45, 7) is 4.91. The molecule has 0 spiro atoms. The van der Waals surface area contributed by atoms with Gasteiger partial charge in [-0.3, -0.25) is 19.4 Å². The van der Waals surface area contributed by atoms with Crippen molar-refractivity contribution in [3.63, 3.8) is 0 Å². The van der Waals surface area contributed by atoms with E-state index in [1.165, 1.54) is 0 Å². The molecule has 0 aromatic carbocycles. The summed E-state index contributed by atoms with van der Waals surface area (Å²) < 4.78 is 0. The Kier molecular flexibility index (Phi) is 13.7. The first-order chi connectivity index (χ1) is 16.6. The second-order valence-electron chi connectivity index (χ2n) is 9.07. The number of amides is 3. The van der Waals surface area contributed by atoms with Gasteiger partial charge >= 0.3 is 5.97 Å². The van der Waals surface area contributed by atoms with Crippen LogP contribution in [0.1, 0.15) is 58.8 Å². The Morgan fingerprint density at radius 1 is 1.00 bits per heavy atom. The van der Waals surface area contributed by atoms with Gasteiger partial charge in [0.2, 0.25) is 17.7 Å². The molecular weight excluding hydrogens is 456 g/mol. The zero-order valence-corrected chi connectivity index (χ0v) is 20.7. The van der Waals surface area contributed by atoms with E-state index >= 15 is 0 Å². The fourth-order valence-corrected chi connectivity index (χ4v) is 3.75. The lowest BCUT2D eigenvalue weighted by atomic mass is 10.0. The molecule has 1 aliphatic heterocycles.